The van der Waals surface area contributed by atoms with E-state index in [2.05, 4.69) is 52.4 Å². The highest BCUT2D eigenvalue weighted by molar-refractivity contribution is 5.71. The fraction of sp³-hybridized carbons (Fsp3) is 0.455. The minimum Gasteiger partial charge on any atom is -0.494 e. The quantitative estimate of drug-likeness (QED) is 0.794. The summed E-state index contributed by atoms with van der Waals surface area (Å²) in [7, 11) is 0. The Labute approximate surface area is 161 Å². The van der Waals surface area contributed by atoms with Gasteiger partial charge in [-0.1, -0.05) is 19.1 Å². The second-order valence-electron chi connectivity index (χ2n) is 7.51. The topological polar surface area (TPSA) is 42.7 Å². The molecule has 1 fully saturated rings. The van der Waals surface area contributed by atoms with Gasteiger partial charge in [0.05, 0.1) is 12.3 Å². The molecule has 0 amide bonds. The Balaban J connectivity index is 1.72. The molecule has 3 heterocycles. The van der Waals surface area contributed by atoms with Crippen LogP contribution in [0.25, 0.3) is 11.2 Å². The minimum atomic E-state index is 0.677. The number of ether oxygens (including phenoxy) is 1. The molecule has 0 saturated carbocycles. The largest absolute Gasteiger partial charge is 0.494 e. The van der Waals surface area contributed by atoms with E-state index in [1.165, 1.54) is 24.0 Å². The summed E-state index contributed by atoms with van der Waals surface area (Å²) in [5.74, 6) is 2.74. The van der Waals surface area contributed by atoms with Gasteiger partial charge in [0.25, 0.3) is 0 Å². The Hall–Kier alpha value is -2.56. The van der Waals surface area contributed by atoms with Crippen LogP contribution < -0.4 is 4.90 Å². The number of nitrogens with zero attached hydrogens (tertiary/aromatic N) is 4. The van der Waals surface area contributed by atoms with Crippen molar-refractivity contribution in [1.82, 2.24) is 14.4 Å². The summed E-state index contributed by atoms with van der Waals surface area (Å²) in [5.41, 5.74) is 4.32. The molecule has 142 valence electrons. The van der Waals surface area contributed by atoms with Crippen LogP contribution in [0.5, 0.6) is 0 Å². The zero-order chi connectivity index (χ0) is 18.8. The van der Waals surface area contributed by atoms with Crippen LogP contribution in [0.1, 0.15) is 45.7 Å². The number of fused-ring (bicyclic) bond motifs is 1. The molecular weight excluding hydrogens is 336 g/mol. The van der Waals surface area contributed by atoms with E-state index in [4.69, 9.17) is 9.72 Å². The summed E-state index contributed by atoms with van der Waals surface area (Å²) in [5, 5.41) is 0. The second kappa shape index (κ2) is 7.59. The molecule has 1 saturated heterocycles. The lowest BCUT2D eigenvalue weighted by atomic mass is 9.99. The third-order valence-corrected chi connectivity index (χ3v) is 5.52. The summed E-state index contributed by atoms with van der Waals surface area (Å²) < 4.78 is 7.86. The number of hydrogen-bond donors (Lipinski definition) is 0. The van der Waals surface area contributed by atoms with Crippen molar-refractivity contribution in [1.29, 1.82) is 0 Å². The number of anilines is 1. The number of aromatic nitrogens is 3. The van der Waals surface area contributed by atoms with E-state index in [-0.39, 0.29) is 0 Å². The first-order valence-corrected chi connectivity index (χ1v) is 9.96. The van der Waals surface area contributed by atoms with E-state index in [0.29, 0.717) is 6.61 Å². The molecule has 2 aromatic rings. The Morgan fingerprint density at radius 1 is 1.22 bits per heavy atom. The van der Waals surface area contributed by atoms with Crippen LogP contribution in [0.15, 0.2) is 48.0 Å². The fourth-order valence-corrected chi connectivity index (χ4v) is 3.75. The summed E-state index contributed by atoms with van der Waals surface area (Å²) in [6.45, 7) is 9.24. The Morgan fingerprint density at radius 3 is 2.81 bits per heavy atom. The van der Waals surface area contributed by atoms with Gasteiger partial charge in [-0.25, -0.2) is 9.97 Å². The Kier molecular flexibility index (Phi) is 5.01. The highest BCUT2D eigenvalue weighted by Crippen LogP contribution is 2.28. The molecule has 0 aromatic carbocycles. The van der Waals surface area contributed by atoms with Crippen LogP contribution in [0, 0.1) is 5.92 Å². The first-order valence-electron chi connectivity index (χ1n) is 9.96. The lowest BCUT2D eigenvalue weighted by Crippen LogP contribution is -2.34. The maximum absolute atomic E-state index is 5.75. The third-order valence-electron chi connectivity index (χ3n) is 5.52. The summed E-state index contributed by atoms with van der Waals surface area (Å²) in [6, 6.07) is 2.09. The van der Waals surface area contributed by atoms with Gasteiger partial charge in [0.2, 0.25) is 5.95 Å². The van der Waals surface area contributed by atoms with Crippen molar-refractivity contribution < 1.29 is 4.74 Å². The molecule has 0 radical (unpaired) electrons. The molecule has 0 N–H and O–H groups in total. The third kappa shape index (κ3) is 3.64. The zero-order valence-corrected chi connectivity index (χ0v) is 16.5. The fourth-order valence-electron chi connectivity index (χ4n) is 3.75. The van der Waals surface area contributed by atoms with Gasteiger partial charge >= 0.3 is 0 Å². The first kappa shape index (κ1) is 17.8. The average molecular weight is 364 g/mol. The van der Waals surface area contributed by atoms with Crippen molar-refractivity contribution in [3.8, 4) is 0 Å². The van der Waals surface area contributed by atoms with Gasteiger partial charge in [0.15, 0.2) is 0 Å². The second-order valence-corrected chi connectivity index (χ2v) is 7.51. The monoisotopic (exact) mass is 364 g/mol. The maximum atomic E-state index is 5.75. The van der Waals surface area contributed by atoms with Gasteiger partial charge in [-0.3, -0.25) is 4.40 Å². The average Bonchev–Trinajstić information content (AvgIpc) is 3.08. The molecule has 1 aliphatic carbocycles. The van der Waals surface area contributed by atoms with Crippen molar-refractivity contribution in [3.63, 3.8) is 0 Å². The molecule has 4 rings (SSSR count). The molecule has 1 aliphatic heterocycles. The van der Waals surface area contributed by atoms with Gasteiger partial charge in [-0.05, 0) is 56.3 Å². The van der Waals surface area contributed by atoms with Crippen LogP contribution in [-0.4, -0.2) is 34.1 Å². The highest BCUT2D eigenvalue weighted by Gasteiger charge is 2.21. The van der Waals surface area contributed by atoms with Gasteiger partial charge in [0.1, 0.15) is 11.4 Å². The molecule has 0 bridgehead atoms. The number of rotatable bonds is 4. The van der Waals surface area contributed by atoms with Crippen molar-refractivity contribution >= 4 is 17.2 Å². The smallest absolute Gasteiger partial charge is 0.211 e. The standard InChI is InChI=1S/C22H28N4O/c1-4-27-20-8-7-18(6-5-17(20)3)19-15-21-23-11-14-26(21)22(24-19)25-12-9-16(2)10-13-25/h5,7-8,11,14-16H,4,6,9-10,12-13H2,1-3H3. The van der Waals surface area contributed by atoms with Crippen LogP contribution in [-0.2, 0) is 4.74 Å². The summed E-state index contributed by atoms with van der Waals surface area (Å²) in [4.78, 5) is 12.0. The number of hydrogen-bond acceptors (Lipinski definition) is 4. The van der Waals surface area contributed by atoms with E-state index in [1.807, 2.05) is 19.3 Å². The molecule has 2 aromatic heterocycles. The Bertz CT molecular complexity index is 914. The first-order chi connectivity index (χ1) is 13.2. The van der Waals surface area contributed by atoms with Crippen LogP contribution in [0.3, 0.4) is 0 Å². The van der Waals surface area contributed by atoms with Gasteiger partial charge in [-0.15, -0.1) is 0 Å². The molecule has 27 heavy (non-hydrogen) atoms. The van der Waals surface area contributed by atoms with Crippen molar-refractivity contribution in [3.05, 3.63) is 53.7 Å². The molecular formula is C22H28N4O. The van der Waals surface area contributed by atoms with Gasteiger partial charge in [-0.2, -0.15) is 0 Å². The Morgan fingerprint density at radius 2 is 2.04 bits per heavy atom. The van der Waals surface area contributed by atoms with Gasteiger partial charge in [0, 0.05) is 31.5 Å². The number of piperidine rings is 1. The molecule has 0 atom stereocenters. The van der Waals surface area contributed by atoms with E-state index in [9.17, 15) is 0 Å². The van der Waals surface area contributed by atoms with E-state index >= 15 is 0 Å². The van der Waals surface area contributed by atoms with Crippen LogP contribution >= 0.6 is 0 Å². The van der Waals surface area contributed by atoms with Crippen molar-refractivity contribution in [2.75, 3.05) is 24.6 Å². The van der Waals surface area contributed by atoms with E-state index in [1.54, 1.807) is 0 Å². The van der Waals surface area contributed by atoms with Crippen molar-refractivity contribution in [2.45, 2.75) is 40.0 Å². The predicted molar refractivity (Wildman–Crippen MR) is 110 cm³/mol. The molecule has 0 spiro atoms. The minimum absolute atomic E-state index is 0.677. The summed E-state index contributed by atoms with van der Waals surface area (Å²) in [6.07, 6.45) is 13.6. The molecule has 0 unspecified atom stereocenters. The van der Waals surface area contributed by atoms with Crippen molar-refractivity contribution in [2.24, 2.45) is 5.92 Å². The normalized spacial score (nSPS) is 18.8. The van der Waals surface area contributed by atoms with Gasteiger partial charge < -0.3 is 9.64 Å². The molecule has 5 nitrogen and oxygen atoms in total. The van der Waals surface area contributed by atoms with E-state index in [0.717, 1.165) is 48.5 Å². The SMILES string of the molecule is CCOC1=CC=C(c2cc3nccn3c(N3CCC(C)CC3)n2)CC=C1C. The van der Waals surface area contributed by atoms with Crippen LogP contribution in [0.4, 0.5) is 5.95 Å². The summed E-state index contributed by atoms with van der Waals surface area (Å²) >= 11 is 0. The lowest BCUT2D eigenvalue weighted by molar-refractivity contribution is 0.238. The maximum Gasteiger partial charge on any atom is 0.211 e. The zero-order valence-electron chi connectivity index (χ0n) is 16.5. The molecule has 2 aliphatic rings. The number of imidazole rings is 1. The predicted octanol–water partition coefficient (Wildman–Crippen LogP) is 4.62. The van der Waals surface area contributed by atoms with E-state index < -0.39 is 0 Å². The number of allylic oxidation sites excluding steroid dienone is 5. The lowest BCUT2D eigenvalue weighted by Gasteiger charge is -2.31. The molecule has 5 heteroatoms. The highest BCUT2D eigenvalue weighted by atomic mass is 16.5. The van der Waals surface area contributed by atoms with Crippen LogP contribution in [0.2, 0.25) is 0 Å².